The monoisotopic (exact) mass is 356 g/mol. The Labute approximate surface area is 152 Å². The van der Waals surface area contributed by atoms with E-state index in [-0.39, 0.29) is 35.8 Å². The zero-order valence-electron chi connectivity index (χ0n) is 15.1. The number of carbonyl (C=O) groups excluding carboxylic acids is 2. The van der Waals surface area contributed by atoms with E-state index >= 15 is 0 Å². The number of hydrogen-bond acceptors (Lipinski definition) is 4. The average molecular weight is 356 g/mol. The topological polar surface area (TPSA) is 87.3 Å². The fourth-order valence-corrected chi connectivity index (χ4v) is 3.92. The normalized spacial score (nSPS) is 25.6. The van der Waals surface area contributed by atoms with E-state index in [0.717, 1.165) is 23.7 Å². The molecule has 0 aliphatic carbocycles. The van der Waals surface area contributed by atoms with E-state index in [1.165, 1.54) is 0 Å². The molecule has 26 heavy (non-hydrogen) atoms. The lowest BCUT2D eigenvalue weighted by Crippen LogP contribution is -2.47. The summed E-state index contributed by atoms with van der Waals surface area (Å²) < 4.78 is 5.70. The zero-order valence-corrected chi connectivity index (χ0v) is 15.1. The molecule has 4 rings (SSSR count). The van der Waals surface area contributed by atoms with E-state index in [2.05, 4.69) is 15.5 Å². The van der Waals surface area contributed by atoms with Crippen LogP contribution in [0.5, 0.6) is 0 Å². The molecule has 7 nitrogen and oxygen atoms in total. The van der Waals surface area contributed by atoms with Crippen molar-refractivity contribution in [1.82, 2.24) is 15.5 Å². The van der Waals surface area contributed by atoms with Gasteiger partial charge in [0.05, 0.1) is 17.0 Å². The van der Waals surface area contributed by atoms with Gasteiger partial charge in [0.25, 0.3) is 0 Å². The molecule has 0 bridgehead atoms. The number of nitrogens with zero attached hydrogens (tertiary/aromatic N) is 2. The van der Waals surface area contributed by atoms with Crippen LogP contribution in [0, 0.1) is 5.92 Å². The van der Waals surface area contributed by atoms with Crippen LogP contribution >= 0.6 is 0 Å². The molecule has 2 amide bonds. The lowest BCUT2D eigenvalue weighted by molar-refractivity contribution is -0.128. The molecular formula is C19H24N4O3. The molecule has 3 heterocycles. The largest absolute Gasteiger partial charge is 0.375 e. The van der Waals surface area contributed by atoms with Crippen molar-refractivity contribution in [1.29, 1.82) is 0 Å². The van der Waals surface area contributed by atoms with Crippen molar-refractivity contribution in [3.63, 3.8) is 0 Å². The van der Waals surface area contributed by atoms with Crippen LogP contribution in [0.4, 0.5) is 5.82 Å². The summed E-state index contributed by atoms with van der Waals surface area (Å²) in [7, 11) is 0. The van der Waals surface area contributed by atoms with E-state index < -0.39 is 0 Å². The maximum atomic E-state index is 12.7. The third-order valence-corrected chi connectivity index (χ3v) is 5.25. The molecule has 2 N–H and O–H groups in total. The van der Waals surface area contributed by atoms with Crippen LogP contribution in [-0.2, 0) is 14.3 Å². The van der Waals surface area contributed by atoms with Gasteiger partial charge in [0.2, 0.25) is 11.8 Å². The summed E-state index contributed by atoms with van der Waals surface area (Å²) in [5, 5.41) is 11.2. The van der Waals surface area contributed by atoms with Gasteiger partial charge in [-0.15, -0.1) is 0 Å². The number of fused-ring (bicyclic) bond motifs is 1. The number of carbonyl (C=O) groups is 2. The van der Waals surface area contributed by atoms with E-state index in [1.807, 2.05) is 38.1 Å². The van der Waals surface area contributed by atoms with Crippen molar-refractivity contribution in [3.05, 3.63) is 24.3 Å². The Morgan fingerprint density at radius 1 is 1.38 bits per heavy atom. The standard InChI is InChI=1S/C19H24N4O3/c1-19(2)10-13(7-8-26-19)20-18(25)12-9-16(24)23(11-12)17-14-5-3-4-6-15(14)21-22-17/h3-6,12-13H,7-11H2,1-2H3,(H,20,25)(H,21,22)/t12-,13+/m0/s1. The molecule has 2 aromatic rings. The van der Waals surface area contributed by atoms with Gasteiger partial charge in [0.15, 0.2) is 5.82 Å². The highest BCUT2D eigenvalue weighted by molar-refractivity contribution is 6.05. The van der Waals surface area contributed by atoms with Gasteiger partial charge in [-0.25, -0.2) is 0 Å². The fraction of sp³-hybridized carbons (Fsp3) is 0.526. The number of rotatable bonds is 3. The molecule has 1 aromatic heterocycles. The molecule has 2 saturated heterocycles. The van der Waals surface area contributed by atoms with Gasteiger partial charge in [-0.1, -0.05) is 12.1 Å². The van der Waals surface area contributed by atoms with Crippen molar-refractivity contribution in [2.45, 2.75) is 44.8 Å². The first-order chi connectivity index (χ1) is 12.4. The van der Waals surface area contributed by atoms with E-state index in [0.29, 0.717) is 19.0 Å². The maximum absolute atomic E-state index is 12.7. The summed E-state index contributed by atoms with van der Waals surface area (Å²) in [6, 6.07) is 7.78. The van der Waals surface area contributed by atoms with Gasteiger partial charge in [-0.2, -0.15) is 5.10 Å². The molecule has 2 aliphatic rings. The Bertz CT molecular complexity index is 844. The molecule has 0 unspecified atom stereocenters. The molecule has 0 radical (unpaired) electrons. The van der Waals surface area contributed by atoms with Crippen LogP contribution in [0.15, 0.2) is 24.3 Å². The summed E-state index contributed by atoms with van der Waals surface area (Å²) in [5.74, 6) is 0.148. The highest BCUT2D eigenvalue weighted by atomic mass is 16.5. The fourth-order valence-electron chi connectivity index (χ4n) is 3.92. The van der Waals surface area contributed by atoms with Gasteiger partial charge in [0.1, 0.15) is 0 Å². The lowest BCUT2D eigenvalue weighted by Gasteiger charge is -2.36. The predicted molar refractivity (Wildman–Crippen MR) is 97.7 cm³/mol. The van der Waals surface area contributed by atoms with E-state index in [4.69, 9.17) is 4.74 Å². The van der Waals surface area contributed by atoms with Gasteiger partial charge in [-0.3, -0.25) is 19.6 Å². The molecule has 0 saturated carbocycles. The first-order valence-corrected chi connectivity index (χ1v) is 9.11. The molecule has 138 valence electrons. The number of nitrogens with one attached hydrogen (secondary N) is 2. The molecule has 7 heteroatoms. The Kier molecular flexibility index (Phi) is 4.19. The average Bonchev–Trinajstić information content (AvgIpc) is 3.17. The van der Waals surface area contributed by atoms with Gasteiger partial charge in [-0.05, 0) is 38.8 Å². The maximum Gasteiger partial charge on any atom is 0.229 e. The summed E-state index contributed by atoms with van der Waals surface area (Å²) in [5.41, 5.74) is 0.662. The van der Waals surface area contributed by atoms with Gasteiger partial charge >= 0.3 is 0 Å². The number of para-hydroxylation sites is 1. The SMILES string of the molecule is CC1(C)C[C@H](NC(=O)[C@H]2CC(=O)N(c3n[nH]c4ccccc34)C2)CCO1. The van der Waals surface area contributed by atoms with Crippen LogP contribution in [0.3, 0.4) is 0 Å². The Morgan fingerprint density at radius 3 is 3.00 bits per heavy atom. The summed E-state index contributed by atoms with van der Waals surface area (Å²) in [6.45, 7) is 5.09. The summed E-state index contributed by atoms with van der Waals surface area (Å²) in [6.07, 6.45) is 1.82. The molecule has 0 spiro atoms. The number of aromatic nitrogens is 2. The van der Waals surface area contributed by atoms with Crippen LogP contribution < -0.4 is 10.2 Å². The summed E-state index contributed by atoms with van der Waals surface area (Å²) >= 11 is 0. The van der Waals surface area contributed by atoms with E-state index in [1.54, 1.807) is 4.90 Å². The lowest BCUT2D eigenvalue weighted by atomic mass is 9.93. The Morgan fingerprint density at radius 2 is 2.19 bits per heavy atom. The molecule has 2 aliphatic heterocycles. The predicted octanol–water partition coefficient (Wildman–Crippen LogP) is 1.99. The van der Waals surface area contributed by atoms with Crippen molar-refractivity contribution >= 4 is 28.5 Å². The number of benzene rings is 1. The Hall–Kier alpha value is -2.41. The molecule has 2 fully saturated rings. The smallest absolute Gasteiger partial charge is 0.229 e. The third-order valence-electron chi connectivity index (χ3n) is 5.25. The minimum atomic E-state index is -0.344. The molecular weight excluding hydrogens is 332 g/mol. The zero-order chi connectivity index (χ0) is 18.3. The number of ether oxygens (including phenoxy) is 1. The minimum Gasteiger partial charge on any atom is -0.375 e. The van der Waals surface area contributed by atoms with Gasteiger partial charge < -0.3 is 10.1 Å². The number of H-pyrrole nitrogens is 1. The van der Waals surface area contributed by atoms with Crippen molar-refractivity contribution in [3.8, 4) is 0 Å². The highest BCUT2D eigenvalue weighted by Crippen LogP contribution is 2.30. The van der Waals surface area contributed by atoms with Crippen LogP contribution in [-0.4, -0.2) is 46.8 Å². The van der Waals surface area contributed by atoms with Crippen LogP contribution in [0.1, 0.15) is 33.1 Å². The number of aromatic amines is 1. The van der Waals surface area contributed by atoms with Crippen LogP contribution in [0.2, 0.25) is 0 Å². The van der Waals surface area contributed by atoms with Crippen molar-refractivity contribution < 1.29 is 14.3 Å². The second kappa shape index (κ2) is 6.39. The second-order valence-corrected chi connectivity index (χ2v) is 7.80. The highest BCUT2D eigenvalue weighted by Gasteiger charge is 2.38. The molecule has 1 aromatic carbocycles. The van der Waals surface area contributed by atoms with Crippen molar-refractivity contribution in [2.75, 3.05) is 18.1 Å². The molecule has 2 atom stereocenters. The minimum absolute atomic E-state index is 0.0524. The number of amides is 2. The first-order valence-electron chi connectivity index (χ1n) is 9.11. The third kappa shape index (κ3) is 3.19. The number of anilines is 1. The summed E-state index contributed by atoms with van der Waals surface area (Å²) in [4.78, 5) is 26.8. The number of hydrogen-bond donors (Lipinski definition) is 2. The Balaban J connectivity index is 1.45. The quantitative estimate of drug-likeness (QED) is 0.880. The van der Waals surface area contributed by atoms with Crippen molar-refractivity contribution in [2.24, 2.45) is 5.92 Å². The first kappa shape index (κ1) is 17.0. The van der Waals surface area contributed by atoms with Gasteiger partial charge in [0, 0.05) is 31.0 Å². The van der Waals surface area contributed by atoms with Crippen LogP contribution in [0.25, 0.3) is 10.9 Å². The second-order valence-electron chi connectivity index (χ2n) is 7.80. The van der Waals surface area contributed by atoms with E-state index in [9.17, 15) is 9.59 Å².